The van der Waals surface area contributed by atoms with Crippen LogP contribution in [0.5, 0.6) is 5.06 Å². The normalized spacial score (nSPS) is 10.6. The average Bonchev–Trinajstić information content (AvgIpc) is 2.30. The standard InChI is InChI=1S/C8H5BrOS/c9-7-5-3-1-2-4-6(5)11-8(7)10/h1-4,10H. The van der Waals surface area contributed by atoms with Crippen LogP contribution in [-0.4, -0.2) is 5.11 Å². The summed E-state index contributed by atoms with van der Waals surface area (Å²) in [6.07, 6.45) is 0. The zero-order valence-corrected chi connectivity index (χ0v) is 7.95. The summed E-state index contributed by atoms with van der Waals surface area (Å²) in [4.78, 5) is 0. The Labute approximate surface area is 76.4 Å². The van der Waals surface area contributed by atoms with Gasteiger partial charge in [0, 0.05) is 10.1 Å². The summed E-state index contributed by atoms with van der Waals surface area (Å²) in [7, 11) is 0. The van der Waals surface area contributed by atoms with Crippen LogP contribution >= 0.6 is 27.3 Å². The highest BCUT2D eigenvalue weighted by atomic mass is 79.9. The van der Waals surface area contributed by atoms with Gasteiger partial charge in [-0.2, -0.15) is 0 Å². The zero-order valence-electron chi connectivity index (χ0n) is 5.54. The second kappa shape index (κ2) is 2.50. The zero-order chi connectivity index (χ0) is 7.84. The number of rotatable bonds is 0. The minimum Gasteiger partial charge on any atom is -0.499 e. The molecule has 0 amide bonds. The van der Waals surface area contributed by atoms with Gasteiger partial charge in [0.25, 0.3) is 0 Å². The highest BCUT2D eigenvalue weighted by Gasteiger charge is 2.06. The van der Waals surface area contributed by atoms with Crippen molar-refractivity contribution in [2.75, 3.05) is 0 Å². The maximum atomic E-state index is 9.31. The lowest BCUT2D eigenvalue weighted by molar-refractivity contribution is 0.488. The molecular formula is C8H5BrOS. The molecule has 0 saturated carbocycles. The number of thiophene rings is 1. The minimum atomic E-state index is 0.353. The molecule has 0 atom stereocenters. The summed E-state index contributed by atoms with van der Waals surface area (Å²) < 4.78 is 1.91. The molecule has 1 aromatic carbocycles. The Morgan fingerprint density at radius 1 is 1.27 bits per heavy atom. The lowest BCUT2D eigenvalue weighted by Crippen LogP contribution is -1.60. The van der Waals surface area contributed by atoms with Crippen LogP contribution in [0.15, 0.2) is 28.7 Å². The lowest BCUT2D eigenvalue weighted by atomic mass is 10.3. The molecular weight excluding hydrogens is 224 g/mol. The van der Waals surface area contributed by atoms with E-state index in [-0.39, 0.29) is 0 Å². The van der Waals surface area contributed by atoms with Gasteiger partial charge in [-0.25, -0.2) is 0 Å². The topological polar surface area (TPSA) is 20.2 Å². The third kappa shape index (κ3) is 1.04. The van der Waals surface area contributed by atoms with Gasteiger partial charge in [-0.15, -0.1) is 0 Å². The summed E-state index contributed by atoms with van der Waals surface area (Å²) in [6.45, 7) is 0. The molecule has 0 spiro atoms. The summed E-state index contributed by atoms with van der Waals surface area (Å²) in [6, 6.07) is 7.89. The monoisotopic (exact) mass is 228 g/mol. The van der Waals surface area contributed by atoms with Gasteiger partial charge in [0.05, 0.1) is 4.47 Å². The van der Waals surface area contributed by atoms with E-state index in [9.17, 15) is 5.11 Å². The number of hydrogen-bond donors (Lipinski definition) is 1. The van der Waals surface area contributed by atoms with Gasteiger partial charge in [0.2, 0.25) is 0 Å². The molecule has 3 heteroatoms. The summed E-state index contributed by atoms with van der Waals surface area (Å²) >= 11 is 4.70. The molecule has 56 valence electrons. The number of fused-ring (bicyclic) bond motifs is 1. The van der Waals surface area contributed by atoms with Crippen LogP contribution in [0.2, 0.25) is 0 Å². The maximum Gasteiger partial charge on any atom is 0.186 e. The third-order valence-corrected chi connectivity index (χ3v) is 3.56. The van der Waals surface area contributed by atoms with Gasteiger partial charge in [0.1, 0.15) is 0 Å². The van der Waals surface area contributed by atoms with Crippen molar-refractivity contribution in [1.82, 2.24) is 0 Å². The molecule has 0 radical (unpaired) electrons. The average molecular weight is 229 g/mol. The molecule has 0 aliphatic rings. The van der Waals surface area contributed by atoms with Crippen molar-refractivity contribution in [3.8, 4) is 5.06 Å². The Bertz CT molecular complexity index is 394. The van der Waals surface area contributed by atoms with Gasteiger partial charge < -0.3 is 5.11 Å². The lowest BCUT2D eigenvalue weighted by Gasteiger charge is -1.85. The molecule has 0 aliphatic heterocycles. The number of halogens is 1. The largest absolute Gasteiger partial charge is 0.499 e. The van der Waals surface area contributed by atoms with Gasteiger partial charge in [-0.3, -0.25) is 0 Å². The van der Waals surface area contributed by atoms with Crippen molar-refractivity contribution in [2.45, 2.75) is 0 Å². The van der Waals surface area contributed by atoms with Crippen molar-refractivity contribution < 1.29 is 5.11 Å². The van der Waals surface area contributed by atoms with Crippen LogP contribution in [0, 0.1) is 0 Å². The smallest absolute Gasteiger partial charge is 0.186 e. The molecule has 0 unspecified atom stereocenters. The molecule has 2 rings (SSSR count). The summed E-state index contributed by atoms with van der Waals surface area (Å²) in [5.41, 5.74) is 0. The highest BCUT2D eigenvalue weighted by Crippen LogP contribution is 2.40. The van der Waals surface area contributed by atoms with Crippen LogP contribution in [0.3, 0.4) is 0 Å². The fourth-order valence-corrected chi connectivity index (χ4v) is 2.56. The minimum absolute atomic E-state index is 0.353. The molecule has 0 aliphatic carbocycles. The van der Waals surface area contributed by atoms with E-state index in [2.05, 4.69) is 15.9 Å². The van der Waals surface area contributed by atoms with Crippen molar-refractivity contribution in [3.63, 3.8) is 0 Å². The molecule has 0 bridgehead atoms. The first-order valence-corrected chi connectivity index (χ1v) is 4.76. The molecule has 1 N–H and O–H groups in total. The van der Waals surface area contributed by atoms with Crippen molar-refractivity contribution in [3.05, 3.63) is 28.7 Å². The first kappa shape index (κ1) is 7.13. The predicted molar refractivity (Wildman–Crippen MR) is 51.2 cm³/mol. The van der Waals surface area contributed by atoms with E-state index in [1.54, 1.807) is 0 Å². The Kier molecular flexibility index (Phi) is 1.62. The first-order valence-electron chi connectivity index (χ1n) is 3.15. The van der Waals surface area contributed by atoms with E-state index in [1.165, 1.54) is 11.3 Å². The molecule has 0 fully saturated rings. The first-order chi connectivity index (χ1) is 5.29. The molecule has 2 aromatic rings. The third-order valence-electron chi connectivity index (χ3n) is 1.52. The SMILES string of the molecule is Oc1sc2ccccc2c1Br. The second-order valence-electron chi connectivity index (χ2n) is 2.22. The van der Waals surface area contributed by atoms with Crippen LogP contribution in [0.1, 0.15) is 0 Å². The number of aromatic hydroxyl groups is 1. The van der Waals surface area contributed by atoms with E-state index in [0.717, 1.165) is 14.6 Å². The highest BCUT2D eigenvalue weighted by molar-refractivity contribution is 9.10. The van der Waals surface area contributed by atoms with E-state index in [1.807, 2.05) is 24.3 Å². The van der Waals surface area contributed by atoms with Crippen LogP contribution in [0.25, 0.3) is 10.1 Å². The van der Waals surface area contributed by atoms with E-state index < -0.39 is 0 Å². The van der Waals surface area contributed by atoms with Crippen molar-refractivity contribution in [2.24, 2.45) is 0 Å². The number of hydrogen-bond acceptors (Lipinski definition) is 2. The number of benzene rings is 1. The quantitative estimate of drug-likeness (QED) is 0.734. The molecule has 0 saturated heterocycles. The van der Waals surface area contributed by atoms with Crippen molar-refractivity contribution >= 4 is 37.4 Å². The predicted octanol–water partition coefficient (Wildman–Crippen LogP) is 3.37. The Balaban J connectivity index is 2.92. The van der Waals surface area contributed by atoms with Gasteiger partial charge in [-0.05, 0) is 22.0 Å². The van der Waals surface area contributed by atoms with Crippen molar-refractivity contribution in [1.29, 1.82) is 0 Å². The maximum absolute atomic E-state index is 9.31. The van der Waals surface area contributed by atoms with Crippen LogP contribution < -0.4 is 0 Å². The summed E-state index contributed by atoms with van der Waals surface area (Å²) in [5, 5.41) is 10.7. The fourth-order valence-electron chi connectivity index (χ4n) is 1.00. The van der Waals surface area contributed by atoms with E-state index >= 15 is 0 Å². The van der Waals surface area contributed by atoms with E-state index in [4.69, 9.17) is 0 Å². The van der Waals surface area contributed by atoms with Gasteiger partial charge in [0.15, 0.2) is 5.06 Å². The molecule has 11 heavy (non-hydrogen) atoms. The Hall–Kier alpha value is -0.540. The Morgan fingerprint density at radius 3 is 2.73 bits per heavy atom. The van der Waals surface area contributed by atoms with Gasteiger partial charge >= 0.3 is 0 Å². The molecule has 1 aromatic heterocycles. The van der Waals surface area contributed by atoms with E-state index in [0.29, 0.717) is 5.06 Å². The molecule has 1 nitrogen and oxygen atoms in total. The summed E-state index contributed by atoms with van der Waals surface area (Å²) in [5.74, 6) is 0. The second-order valence-corrected chi connectivity index (χ2v) is 4.04. The molecule has 1 heterocycles. The van der Waals surface area contributed by atoms with Gasteiger partial charge in [-0.1, -0.05) is 29.5 Å². The fraction of sp³-hybridized carbons (Fsp3) is 0. The van der Waals surface area contributed by atoms with Crippen LogP contribution in [0.4, 0.5) is 0 Å². The Morgan fingerprint density at radius 2 is 2.00 bits per heavy atom. The van der Waals surface area contributed by atoms with Crippen LogP contribution in [-0.2, 0) is 0 Å².